The molecular formula is C16H19N5O3S. The Balaban J connectivity index is 2.09. The van der Waals surface area contributed by atoms with Crippen LogP contribution in [0.4, 0.5) is 0 Å². The SMILES string of the molecule is COc1ccc(C(=O)OSN)c(-c2nn3nc(C(C)(C)C)cc3[nH]2)c1. The molecule has 132 valence electrons. The Hall–Kier alpha value is -2.52. The van der Waals surface area contributed by atoms with E-state index in [-0.39, 0.29) is 5.41 Å². The number of hydrogen-bond acceptors (Lipinski definition) is 7. The number of hydrogen-bond donors (Lipinski definition) is 2. The molecular weight excluding hydrogens is 342 g/mol. The van der Waals surface area contributed by atoms with E-state index in [0.717, 1.165) is 11.3 Å². The van der Waals surface area contributed by atoms with Crippen LogP contribution in [0.5, 0.6) is 5.75 Å². The number of aromatic nitrogens is 4. The molecule has 0 spiro atoms. The predicted molar refractivity (Wildman–Crippen MR) is 95.2 cm³/mol. The van der Waals surface area contributed by atoms with Crippen molar-refractivity contribution in [3.8, 4) is 17.1 Å². The number of carbonyl (C=O) groups excluding carboxylic acids is 1. The first-order valence-corrected chi connectivity index (χ1v) is 8.36. The molecule has 0 unspecified atom stereocenters. The van der Waals surface area contributed by atoms with E-state index in [1.54, 1.807) is 25.3 Å². The smallest absolute Gasteiger partial charge is 0.352 e. The number of benzene rings is 1. The topological polar surface area (TPSA) is 108 Å². The summed E-state index contributed by atoms with van der Waals surface area (Å²) in [6.45, 7) is 6.24. The molecule has 0 aliphatic heterocycles. The van der Waals surface area contributed by atoms with Crippen LogP contribution in [-0.2, 0) is 9.60 Å². The third kappa shape index (κ3) is 3.33. The Bertz CT molecular complexity index is 894. The fourth-order valence-corrected chi connectivity index (χ4v) is 2.55. The molecule has 0 aliphatic carbocycles. The third-order valence-electron chi connectivity index (χ3n) is 3.73. The quantitative estimate of drug-likeness (QED) is 0.543. The first kappa shape index (κ1) is 17.3. The Morgan fingerprint density at radius 1 is 1.28 bits per heavy atom. The summed E-state index contributed by atoms with van der Waals surface area (Å²) in [6.07, 6.45) is 0. The Labute approximate surface area is 149 Å². The van der Waals surface area contributed by atoms with Gasteiger partial charge in [-0.3, -0.25) is 0 Å². The Morgan fingerprint density at radius 3 is 2.64 bits per heavy atom. The average Bonchev–Trinajstić information content (AvgIpc) is 3.13. The molecule has 3 rings (SSSR count). The predicted octanol–water partition coefficient (Wildman–Crippen LogP) is 2.71. The number of carbonyl (C=O) groups is 1. The Kier molecular flexibility index (Phi) is 4.44. The van der Waals surface area contributed by atoms with Crippen molar-refractivity contribution in [3.05, 3.63) is 35.5 Å². The van der Waals surface area contributed by atoms with Crippen LogP contribution >= 0.6 is 12.2 Å². The van der Waals surface area contributed by atoms with Crippen molar-refractivity contribution < 1.29 is 13.7 Å². The molecule has 0 saturated carbocycles. The van der Waals surface area contributed by atoms with Crippen molar-refractivity contribution >= 4 is 23.8 Å². The number of H-pyrrole nitrogens is 1. The van der Waals surface area contributed by atoms with E-state index in [1.807, 2.05) is 6.07 Å². The highest BCUT2D eigenvalue weighted by atomic mass is 32.2. The Morgan fingerprint density at radius 2 is 2.04 bits per heavy atom. The van der Waals surface area contributed by atoms with Gasteiger partial charge in [0.2, 0.25) is 0 Å². The third-order valence-corrected chi connectivity index (χ3v) is 3.97. The maximum Gasteiger partial charge on any atom is 0.352 e. The lowest BCUT2D eigenvalue weighted by Crippen LogP contribution is -2.12. The van der Waals surface area contributed by atoms with E-state index in [0.29, 0.717) is 34.9 Å². The van der Waals surface area contributed by atoms with Gasteiger partial charge in [0.05, 0.1) is 18.4 Å². The van der Waals surface area contributed by atoms with Crippen LogP contribution in [0.15, 0.2) is 24.3 Å². The standard InChI is InChI=1S/C16H19N5O3S/c1-16(2,3)12-8-13-18-14(20-21(13)19-12)11-7-9(23-4)5-6-10(11)15(22)24-25-17/h5-8H,17H2,1-4H3,(H,18,20). The molecule has 2 heterocycles. The van der Waals surface area contributed by atoms with Gasteiger partial charge >= 0.3 is 5.97 Å². The number of nitrogens with one attached hydrogen (secondary N) is 1. The summed E-state index contributed by atoms with van der Waals surface area (Å²) < 4.78 is 11.6. The maximum absolute atomic E-state index is 12.1. The summed E-state index contributed by atoms with van der Waals surface area (Å²) in [6, 6.07) is 6.93. The molecule has 3 aromatic rings. The molecule has 3 N–H and O–H groups in total. The van der Waals surface area contributed by atoms with Crippen LogP contribution in [0.25, 0.3) is 17.0 Å². The van der Waals surface area contributed by atoms with Gasteiger partial charge in [-0.15, -0.1) is 9.73 Å². The normalized spacial score (nSPS) is 11.7. The van der Waals surface area contributed by atoms with Crippen LogP contribution < -0.4 is 9.88 Å². The minimum atomic E-state index is -0.561. The van der Waals surface area contributed by atoms with Crippen molar-refractivity contribution in [2.24, 2.45) is 5.14 Å². The van der Waals surface area contributed by atoms with Crippen molar-refractivity contribution in [2.45, 2.75) is 26.2 Å². The van der Waals surface area contributed by atoms with Crippen LogP contribution in [0, 0.1) is 0 Å². The van der Waals surface area contributed by atoms with E-state index in [9.17, 15) is 4.79 Å². The van der Waals surface area contributed by atoms with Gasteiger partial charge in [0.25, 0.3) is 0 Å². The summed E-state index contributed by atoms with van der Waals surface area (Å²) in [5.41, 5.74) is 2.43. The average molecular weight is 361 g/mol. The molecule has 0 atom stereocenters. The highest BCUT2D eigenvalue weighted by Gasteiger charge is 2.22. The molecule has 0 bridgehead atoms. The van der Waals surface area contributed by atoms with E-state index in [2.05, 4.69) is 36.0 Å². The van der Waals surface area contributed by atoms with E-state index < -0.39 is 5.97 Å². The van der Waals surface area contributed by atoms with Gasteiger partial charge in [-0.2, -0.15) is 5.10 Å². The molecule has 0 saturated heterocycles. The molecule has 0 amide bonds. The molecule has 1 aromatic carbocycles. The molecule has 8 nitrogen and oxygen atoms in total. The summed E-state index contributed by atoms with van der Waals surface area (Å²) in [5.74, 6) is 0.516. The monoisotopic (exact) mass is 361 g/mol. The van der Waals surface area contributed by atoms with Gasteiger partial charge in [0, 0.05) is 17.0 Å². The summed E-state index contributed by atoms with van der Waals surface area (Å²) >= 11 is 0.501. The minimum Gasteiger partial charge on any atom is -0.497 e. The molecule has 2 aromatic heterocycles. The summed E-state index contributed by atoms with van der Waals surface area (Å²) in [7, 11) is 1.55. The van der Waals surface area contributed by atoms with Gasteiger partial charge in [-0.25, -0.2) is 9.93 Å². The number of aromatic amines is 1. The highest BCUT2D eigenvalue weighted by molar-refractivity contribution is 7.92. The van der Waals surface area contributed by atoms with Crippen LogP contribution in [0.3, 0.4) is 0 Å². The van der Waals surface area contributed by atoms with Crippen molar-refractivity contribution in [1.82, 2.24) is 19.8 Å². The second-order valence-corrected chi connectivity index (χ2v) is 6.87. The largest absolute Gasteiger partial charge is 0.497 e. The van der Waals surface area contributed by atoms with Crippen molar-refractivity contribution in [3.63, 3.8) is 0 Å². The maximum atomic E-state index is 12.1. The summed E-state index contributed by atoms with van der Waals surface area (Å²) in [4.78, 5) is 15.3. The first-order chi connectivity index (χ1) is 11.8. The number of nitrogens with two attached hydrogens (primary N) is 1. The second-order valence-electron chi connectivity index (χ2n) is 6.51. The molecule has 0 radical (unpaired) electrons. The second kappa shape index (κ2) is 6.41. The van der Waals surface area contributed by atoms with Crippen LogP contribution in [-0.4, -0.2) is 32.9 Å². The molecule has 9 heteroatoms. The van der Waals surface area contributed by atoms with Gasteiger partial charge < -0.3 is 13.9 Å². The minimum absolute atomic E-state index is 0.0853. The van der Waals surface area contributed by atoms with Crippen LogP contribution in [0.1, 0.15) is 36.8 Å². The zero-order valence-corrected chi connectivity index (χ0v) is 15.2. The number of ether oxygens (including phenoxy) is 1. The van der Waals surface area contributed by atoms with E-state index >= 15 is 0 Å². The van der Waals surface area contributed by atoms with Gasteiger partial charge in [0.1, 0.15) is 18.0 Å². The molecule has 25 heavy (non-hydrogen) atoms. The fraction of sp³-hybridized carbons (Fsp3) is 0.312. The van der Waals surface area contributed by atoms with E-state index in [4.69, 9.17) is 14.1 Å². The van der Waals surface area contributed by atoms with Gasteiger partial charge in [-0.1, -0.05) is 20.8 Å². The lowest BCUT2D eigenvalue weighted by Gasteiger charge is -2.13. The first-order valence-electron chi connectivity index (χ1n) is 7.56. The lowest BCUT2D eigenvalue weighted by atomic mass is 9.93. The highest BCUT2D eigenvalue weighted by Crippen LogP contribution is 2.28. The van der Waals surface area contributed by atoms with Crippen molar-refractivity contribution in [2.75, 3.05) is 7.11 Å². The summed E-state index contributed by atoms with van der Waals surface area (Å²) in [5, 5.41) is 14.2. The number of nitrogens with zero attached hydrogens (tertiary/aromatic N) is 3. The van der Waals surface area contributed by atoms with Gasteiger partial charge in [0.15, 0.2) is 11.5 Å². The molecule has 0 fully saturated rings. The van der Waals surface area contributed by atoms with E-state index in [1.165, 1.54) is 4.63 Å². The van der Waals surface area contributed by atoms with Gasteiger partial charge in [-0.05, 0) is 18.2 Å². The lowest BCUT2D eigenvalue weighted by molar-refractivity contribution is 0.0769. The molecule has 0 aliphatic rings. The van der Waals surface area contributed by atoms with Crippen molar-refractivity contribution in [1.29, 1.82) is 0 Å². The van der Waals surface area contributed by atoms with Crippen LogP contribution in [0.2, 0.25) is 0 Å². The zero-order valence-electron chi connectivity index (χ0n) is 14.4. The number of methoxy groups -OCH3 is 1. The zero-order chi connectivity index (χ0) is 18.2. The fourth-order valence-electron chi connectivity index (χ4n) is 2.38. The number of rotatable bonds is 4. The number of fused-ring (bicyclic) bond motifs is 1.